The lowest BCUT2D eigenvalue weighted by atomic mass is 10.2. The second-order valence-electron chi connectivity index (χ2n) is 6.26. The van der Waals surface area contributed by atoms with Crippen molar-refractivity contribution in [3.05, 3.63) is 48.3 Å². The molecule has 2 aromatic rings. The Morgan fingerprint density at radius 1 is 0.750 bits per heavy atom. The summed E-state index contributed by atoms with van der Waals surface area (Å²) in [6.45, 7) is 6.77. The van der Waals surface area contributed by atoms with Crippen molar-refractivity contribution in [3.8, 4) is 11.5 Å². The first-order valence-electron chi connectivity index (χ1n) is 9.32. The normalized spacial score (nSPS) is 10.8. The highest BCUT2D eigenvalue weighted by molar-refractivity contribution is 5.38. The maximum atomic E-state index is 5.97. The highest BCUT2D eigenvalue weighted by Gasteiger charge is 2.10. The molecule has 0 spiro atoms. The molecule has 0 radical (unpaired) electrons. The second kappa shape index (κ2) is 10.8. The van der Waals surface area contributed by atoms with Gasteiger partial charge in [-0.05, 0) is 18.4 Å². The van der Waals surface area contributed by atoms with Gasteiger partial charge in [-0.3, -0.25) is 0 Å². The largest absolute Gasteiger partial charge is 0.488 e. The minimum absolute atomic E-state index is 0.758. The van der Waals surface area contributed by atoms with E-state index in [0.717, 1.165) is 44.1 Å². The number of benzene rings is 1. The van der Waals surface area contributed by atoms with Crippen molar-refractivity contribution in [2.75, 3.05) is 13.2 Å². The molecule has 132 valence electrons. The van der Waals surface area contributed by atoms with Crippen molar-refractivity contribution in [3.63, 3.8) is 0 Å². The second-order valence-corrected chi connectivity index (χ2v) is 6.26. The number of hydrogen-bond donors (Lipinski definition) is 0. The highest BCUT2D eigenvalue weighted by atomic mass is 16.5. The zero-order chi connectivity index (χ0) is 17.0. The first-order chi connectivity index (χ1) is 11.8. The van der Waals surface area contributed by atoms with E-state index in [1.807, 2.05) is 6.07 Å². The Balaban J connectivity index is 1.98. The van der Waals surface area contributed by atoms with E-state index < -0.39 is 0 Å². The first-order valence-corrected chi connectivity index (χ1v) is 9.32. The lowest BCUT2D eigenvalue weighted by Crippen LogP contribution is -2.00. The number of rotatable bonds is 12. The van der Waals surface area contributed by atoms with Crippen LogP contribution in [0.5, 0.6) is 11.5 Å². The predicted octanol–water partition coefficient (Wildman–Crippen LogP) is 5.67. The number of ether oxygens (including phenoxy) is 2. The van der Waals surface area contributed by atoms with Crippen molar-refractivity contribution in [2.24, 2.45) is 0 Å². The standard InChI is InChI=1S/C21H31NO2/c1-3-5-10-14-23-20-17-22(16-19-12-8-7-9-13-19)18-21(20)24-15-11-6-4-2/h7-9,12-13,17-18H,3-6,10-11,14-16H2,1-2H3. The molecule has 0 unspecified atom stereocenters. The summed E-state index contributed by atoms with van der Waals surface area (Å²) in [6.07, 6.45) is 11.1. The molecule has 0 N–H and O–H groups in total. The zero-order valence-electron chi connectivity index (χ0n) is 15.2. The fraction of sp³-hybridized carbons (Fsp3) is 0.524. The van der Waals surface area contributed by atoms with Gasteiger partial charge in [0.2, 0.25) is 0 Å². The van der Waals surface area contributed by atoms with Crippen LogP contribution in [0.25, 0.3) is 0 Å². The molecule has 0 aliphatic rings. The molecule has 24 heavy (non-hydrogen) atoms. The third-order valence-electron chi connectivity index (χ3n) is 4.03. The summed E-state index contributed by atoms with van der Waals surface area (Å²) >= 11 is 0. The van der Waals surface area contributed by atoms with Crippen LogP contribution in [0, 0.1) is 0 Å². The van der Waals surface area contributed by atoms with Gasteiger partial charge >= 0.3 is 0 Å². The Kier molecular flexibility index (Phi) is 8.29. The van der Waals surface area contributed by atoms with E-state index in [9.17, 15) is 0 Å². The van der Waals surface area contributed by atoms with Gasteiger partial charge in [0.05, 0.1) is 25.6 Å². The van der Waals surface area contributed by atoms with Crippen LogP contribution >= 0.6 is 0 Å². The Labute approximate surface area is 146 Å². The summed E-state index contributed by atoms with van der Waals surface area (Å²) in [7, 11) is 0. The van der Waals surface area contributed by atoms with Crippen LogP contribution in [0.1, 0.15) is 57.9 Å². The van der Waals surface area contributed by atoms with E-state index in [4.69, 9.17) is 9.47 Å². The summed E-state index contributed by atoms with van der Waals surface area (Å²) in [5, 5.41) is 0. The zero-order valence-corrected chi connectivity index (χ0v) is 15.2. The minimum atomic E-state index is 0.758. The Bertz CT molecular complexity index is 533. The molecule has 3 heteroatoms. The average Bonchev–Trinajstić information content (AvgIpc) is 2.98. The Hall–Kier alpha value is -1.90. The summed E-state index contributed by atoms with van der Waals surface area (Å²) < 4.78 is 14.1. The van der Waals surface area contributed by atoms with Gasteiger partial charge in [-0.1, -0.05) is 69.9 Å². The van der Waals surface area contributed by atoms with Gasteiger partial charge in [0.15, 0.2) is 11.5 Å². The van der Waals surface area contributed by atoms with E-state index in [1.54, 1.807) is 0 Å². The molecule has 0 fully saturated rings. The maximum Gasteiger partial charge on any atom is 0.178 e. The topological polar surface area (TPSA) is 23.4 Å². The lowest BCUT2D eigenvalue weighted by molar-refractivity contribution is 0.262. The van der Waals surface area contributed by atoms with Crippen molar-refractivity contribution in [2.45, 2.75) is 58.9 Å². The van der Waals surface area contributed by atoms with Gasteiger partial charge in [0, 0.05) is 6.54 Å². The summed E-state index contributed by atoms with van der Waals surface area (Å²) in [6, 6.07) is 10.5. The smallest absolute Gasteiger partial charge is 0.178 e. The van der Waals surface area contributed by atoms with Crippen LogP contribution in [0.3, 0.4) is 0 Å². The van der Waals surface area contributed by atoms with E-state index in [1.165, 1.54) is 31.2 Å². The SMILES string of the molecule is CCCCCOc1cn(Cc2ccccc2)cc1OCCCCC. The molecule has 0 atom stereocenters. The third-order valence-corrected chi connectivity index (χ3v) is 4.03. The molecule has 0 bridgehead atoms. The fourth-order valence-corrected chi connectivity index (χ4v) is 2.64. The number of hydrogen-bond acceptors (Lipinski definition) is 2. The molecule has 0 amide bonds. The van der Waals surface area contributed by atoms with Crippen LogP contribution in [-0.4, -0.2) is 17.8 Å². The molecule has 0 aliphatic carbocycles. The van der Waals surface area contributed by atoms with Gasteiger partial charge in [0.25, 0.3) is 0 Å². The van der Waals surface area contributed by atoms with Crippen molar-refractivity contribution in [1.29, 1.82) is 0 Å². The van der Waals surface area contributed by atoms with Gasteiger partial charge in [-0.25, -0.2) is 0 Å². The summed E-state index contributed by atoms with van der Waals surface area (Å²) in [5.41, 5.74) is 1.28. The fourth-order valence-electron chi connectivity index (χ4n) is 2.64. The monoisotopic (exact) mass is 329 g/mol. The Morgan fingerprint density at radius 2 is 1.29 bits per heavy atom. The molecule has 0 saturated heterocycles. The van der Waals surface area contributed by atoms with Crippen molar-refractivity contribution in [1.82, 2.24) is 4.57 Å². The lowest BCUT2D eigenvalue weighted by Gasteiger charge is -2.08. The average molecular weight is 329 g/mol. The molecular formula is C21H31NO2. The van der Waals surface area contributed by atoms with E-state index in [0.29, 0.717) is 0 Å². The molecule has 1 aromatic carbocycles. The first kappa shape index (κ1) is 18.4. The summed E-state index contributed by atoms with van der Waals surface area (Å²) in [5.74, 6) is 1.75. The van der Waals surface area contributed by atoms with Gasteiger partial charge in [-0.15, -0.1) is 0 Å². The van der Waals surface area contributed by atoms with E-state index in [-0.39, 0.29) is 0 Å². The van der Waals surface area contributed by atoms with Crippen LogP contribution in [0.15, 0.2) is 42.7 Å². The van der Waals surface area contributed by atoms with E-state index in [2.05, 4.69) is 55.1 Å². The molecule has 1 aromatic heterocycles. The molecule has 0 saturated carbocycles. The Morgan fingerprint density at radius 3 is 1.79 bits per heavy atom. The number of nitrogens with zero attached hydrogens (tertiary/aromatic N) is 1. The number of unbranched alkanes of at least 4 members (excludes halogenated alkanes) is 4. The quantitative estimate of drug-likeness (QED) is 0.468. The van der Waals surface area contributed by atoms with Gasteiger partial charge in [0.1, 0.15) is 0 Å². The number of aromatic nitrogens is 1. The van der Waals surface area contributed by atoms with Crippen LogP contribution < -0.4 is 9.47 Å². The third kappa shape index (κ3) is 6.31. The van der Waals surface area contributed by atoms with Gasteiger partial charge < -0.3 is 14.0 Å². The molecule has 2 rings (SSSR count). The molecule has 0 aliphatic heterocycles. The van der Waals surface area contributed by atoms with Crippen molar-refractivity contribution >= 4 is 0 Å². The summed E-state index contributed by atoms with van der Waals surface area (Å²) in [4.78, 5) is 0. The van der Waals surface area contributed by atoms with E-state index >= 15 is 0 Å². The van der Waals surface area contributed by atoms with Gasteiger partial charge in [-0.2, -0.15) is 0 Å². The minimum Gasteiger partial charge on any atom is -0.488 e. The molecule has 1 heterocycles. The van der Waals surface area contributed by atoms with Crippen LogP contribution in [0.2, 0.25) is 0 Å². The maximum absolute atomic E-state index is 5.97. The molecule has 3 nitrogen and oxygen atoms in total. The predicted molar refractivity (Wildman–Crippen MR) is 100 cm³/mol. The highest BCUT2D eigenvalue weighted by Crippen LogP contribution is 2.29. The molecular weight excluding hydrogens is 298 g/mol. The van der Waals surface area contributed by atoms with Crippen LogP contribution in [-0.2, 0) is 6.54 Å². The van der Waals surface area contributed by atoms with Crippen LogP contribution in [0.4, 0.5) is 0 Å². The van der Waals surface area contributed by atoms with Crippen molar-refractivity contribution < 1.29 is 9.47 Å².